The van der Waals surface area contributed by atoms with Crippen molar-refractivity contribution >= 4 is 11.8 Å². The van der Waals surface area contributed by atoms with Gasteiger partial charge in [0.05, 0.1) is 0 Å². The van der Waals surface area contributed by atoms with Crippen LogP contribution in [-0.4, -0.2) is 73.3 Å². The lowest BCUT2D eigenvalue weighted by Gasteiger charge is -2.40. The van der Waals surface area contributed by atoms with Gasteiger partial charge in [0, 0.05) is 40.2 Å². The second kappa shape index (κ2) is 7.55. The molecule has 1 aromatic carbocycles. The number of hydrogen-bond donors (Lipinski definition) is 0. The van der Waals surface area contributed by atoms with Crippen molar-refractivity contribution in [3.63, 3.8) is 0 Å². The van der Waals surface area contributed by atoms with Gasteiger partial charge in [0.2, 0.25) is 11.8 Å². The maximum absolute atomic E-state index is 12.9. The molecule has 0 spiro atoms. The highest BCUT2D eigenvalue weighted by Crippen LogP contribution is 2.14. The maximum Gasteiger partial charge on any atom is 0.246 e. The maximum atomic E-state index is 12.9. The van der Waals surface area contributed by atoms with Crippen molar-refractivity contribution in [2.75, 3.05) is 40.8 Å². The van der Waals surface area contributed by atoms with E-state index in [0.717, 1.165) is 12.1 Å². The van der Waals surface area contributed by atoms with Crippen LogP contribution in [0, 0.1) is 5.82 Å². The number of halogens is 1. The molecule has 2 amide bonds. The fourth-order valence-electron chi connectivity index (χ4n) is 2.77. The van der Waals surface area contributed by atoms with Crippen molar-refractivity contribution in [1.29, 1.82) is 0 Å². The molecule has 0 N–H and O–H groups in total. The Kier molecular flexibility index (Phi) is 5.71. The Morgan fingerprint density at radius 3 is 2.48 bits per heavy atom. The summed E-state index contributed by atoms with van der Waals surface area (Å²) in [7, 11) is 5.37. The van der Waals surface area contributed by atoms with Crippen LogP contribution in [0.15, 0.2) is 24.3 Å². The molecule has 0 saturated carbocycles. The van der Waals surface area contributed by atoms with Gasteiger partial charge in [0.1, 0.15) is 11.9 Å². The van der Waals surface area contributed by atoms with E-state index in [-0.39, 0.29) is 17.6 Å². The first-order chi connectivity index (χ1) is 10.9. The molecule has 1 aliphatic rings. The van der Waals surface area contributed by atoms with Gasteiger partial charge in [0.25, 0.3) is 0 Å². The van der Waals surface area contributed by atoms with E-state index in [9.17, 15) is 14.0 Å². The van der Waals surface area contributed by atoms with Gasteiger partial charge in [-0.05, 0) is 31.2 Å². The number of benzene rings is 1. The molecule has 1 atom stereocenters. The average Bonchev–Trinajstić information content (AvgIpc) is 2.53. The molecule has 0 radical (unpaired) electrons. The van der Waals surface area contributed by atoms with Crippen LogP contribution in [0.2, 0.25) is 0 Å². The Morgan fingerprint density at radius 2 is 1.87 bits per heavy atom. The summed E-state index contributed by atoms with van der Waals surface area (Å²) in [5, 5.41) is 0. The lowest BCUT2D eigenvalue weighted by molar-refractivity contribution is -0.147. The van der Waals surface area contributed by atoms with Crippen molar-refractivity contribution in [3.8, 4) is 0 Å². The standard InChI is InChI=1S/C17H24FN3O2/c1-19(2)17(23)15-12-20(3)10-11-21(15)16(22)9-6-13-4-7-14(18)8-5-13/h4-5,7-8,15H,6,9-12H2,1-3H3/t15-/m1/s1. The van der Waals surface area contributed by atoms with Crippen molar-refractivity contribution in [1.82, 2.24) is 14.7 Å². The monoisotopic (exact) mass is 321 g/mol. The predicted molar refractivity (Wildman–Crippen MR) is 86.4 cm³/mol. The minimum absolute atomic E-state index is 0.0253. The van der Waals surface area contributed by atoms with Gasteiger partial charge in [-0.3, -0.25) is 9.59 Å². The summed E-state index contributed by atoms with van der Waals surface area (Å²) >= 11 is 0. The second-order valence-electron chi connectivity index (χ2n) is 6.22. The molecule has 1 heterocycles. The largest absolute Gasteiger partial charge is 0.347 e. The van der Waals surface area contributed by atoms with Crippen molar-refractivity contribution < 1.29 is 14.0 Å². The van der Waals surface area contributed by atoms with Crippen LogP contribution in [0.25, 0.3) is 0 Å². The van der Waals surface area contributed by atoms with Crippen LogP contribution >= 0.6 is 0 Å². The summed E-state index contributed by atoms with van der Waals surface area (Å²) in [5.74, 6) is -0.356. The molecule has 6 heteroatoms. The molecule has 126 valence electrons. The van der Waals surface area contributed by atoms with Gasteiger partial charge in [-0.15, -0.1) is 0 Å². The van der Waals surface area contributed by atoms with Crippen molar-refractivity contribution in [2.24, 2.45) is 0 Å². The van der Waals surface area contributed by atoms with Gasteiger partial charge in [-0.2, -0.15) is 0 Å². The normalized spacial score (nSPS) is 18.8. The van der Waals surface area contributed by atoms with E-state index in [1.807, 2.05) is 7.05 Å². The predicted octanol–water partition coefficient (Wildman–Crippen LogP) is 0.989. The lowest BCUT2D eigenvalue weighted by atomic mass is 10.1. The Bertz CT molecular complexity index is 559. The smallest absolute Gasteiger partial charge is 0.246 e. The molecule has 1 saturated heterocycles. The third kappa shape index (κ3) is 4.51. The molecule has 1 aromatic rings. The Labute approximate surface area is 136 Å². The van der Waals surface area contributed by atoms with Crippen LogP contribution in [0.4, 0.5) is 4.39 Å². The first-order valence-corrected chi connectivity index (χ1v) is 7.82. The molecule has 0 bridgehead atoms. The molecular weight excluding hydrogens is 297 g/mol. The van der Waals surface area contributed by atoms with E-state index in [4.69, 9.17) is 0 Å². The van der Waals surface area contributed by atoms with Crippen LogP contribution in [-0.2, 0) is 16.0 Å². The second-order valence-corrected chi connectivity index (χ2v) is 6.22. The summed E-state index contributed by atoms with van der Waals surface area (Å²) in [5.41, 5.74) is 0.921. The van der Waals surface area contributed by atoms with E-state index >= 15 is 0 Å². The van der Waals surface area contributed by atoms with E-state index < -0.39 is 6.04 Å². The molecule has 0 aliphatic carbocycles. The number of carbonyl (C=O) groups excluding carboxylic acids is 2. The Morgan fingerprint density at radius 1 is 1.22 bits per heavy atom. The number of nitrogens with zero attached hydrogens (tertiary/aromatic N) is 3. The van der Waals surface area contributed by atoms with Crippen LogP contribution in [0.3, 0.4) is 0 Å². The molecule has 0 aromatic heterocycles. The zero-order chi connectivity index (χ0) is 17.0. The van der Waals surface area contributed by atoms with Gasteiger partial charge in [-0.25, -0.2) is 4.39 Å². The van der Waals surface area contributed by atoms with Crippen LogP contribution < -0.4 is 0 Å². The van der Waals surface area contributed by atoms with E-state index in [1.54, 1.807) is 31.1 Å². The van der Waals surface area contributed by atoms with Crippen LogP contribution in [0.5, 0.6) is 0 Å². The fourth-order valence-corrected chi connectivity index (χ4v) is 2.77. The minimum atomic E-state index is -0.426. The van der Waals surface area contributed by atoms with Crippen molar-refractivity contribution in [2.45, 2.75) is 18.9 Å². The number of carbonyl (C=O) groups is 2. The Balaban J connectivity index is 2.00. The van der Waals surface area contributed by atoms with E-state index in [0.29, 0.717) is 25.9 Å². The van der Waals surface area contributed by atoms with Gasteiger partial charge in [-0.1, -0.05) is 12.1 Å². The summed E-state index contributed by atoms with van der Waals surface area (Å²) in [6.07, 6.45) is 0.876. The third-order valence-corrected chi connectivity index (χ3v) is 4.17. The van der Waals surface area contributed by atoms with Crippen LogP contribution in [0.1, 0.15) is 12.0 Å². The highest BCUT2D eigenvalue weighted by Gasteiger charge is 2.34. The topological polar surface area (TPSA) is 43.9 Å². The summed E-state index contributed by atoms with van der Waals surface area (Å²) in [6, 6.07) is 5.75. The summed E-state index contributed by atoms with van der Waals surface area (Å²) in [4.78, 5) is 30.2. The fraction of sp³-hybridized carbons (Fsp3) is 0.529. The number of amides is 2. The quantitative estimate of drug-likeness (QED) is 0.831. The van der Waals surface area contributed by atoms with Gasteiger partial charge >= 0.3 is 0 Å². The molecule has 1 fully saturated rings. The Hall–Kier alpha value is -1.95. The highest BCUT2D eigenvalue weighted by atomic mass is 19.1. The number of likely N-dealkylation sites (N-methyl/N-ethyl adjacent to an activating group) is 2. The minimum Gasteiger partial charge on any atom is -0.347 e. The van der Waals surface area contributed by atoms with E-state index in [1.165, 1.54) is 17.0 Å². The number of hydrogen-bond acceptors (Lipinski definition) is 3. The molecular formula is C17H24FN3O2. The zero-order valence-electron chi connectivity index (χ0n) is 14.0. The molecule has 23 heavy (non-hydrogen) atoms. The molecule has 0 unspecified atom stereocenters. The van der Waals surface area contributed by atoms with Gasteiger partial charge in [0.15, 0.2) is 0 Å². The molecule has 1 aliphatic heterocycles. The number of rotatable bonds is 4. The lowest BCUT2D eigenvalue weighted by Crippen LogP contribution is -2.59. The average molecular weight is 321 g/mol. The first kappa shape index (κ1) is 17.4. The first-order valence-electron chi connectivity index (χ1n) is 7.82. The number of piperazine rings is 1. The van der Waals surface area contributed by atoms with Gasteiger partial charge < -0.3 is 14.7 Å². The SMILES string of the molecule is CN1CCN(C(=O)CCc2ccc(F)cc2)[C@@H](C(=O)N(C)C)C1. The summed E-state index contributed by atoms with van der Waals surface area (Å²) in [6.45, 7) is 1.88. The highest BCUT2D eigenvalue weighted by molar-refractivity contribution is 5.88. The summed E-state index contributed by atoms with van der Waals surface area (Å²) < 4.78 is 12.9. The molecule has 5 nitrogen and oxygen atoms in total. The third-order valence-electron chi connectivity index (χ3n) is 4.17. The van der Waals surface area contributed by atoms with E-state index in [2.05, 4.69) is 4.90 Å². The van der Waals surface area contributed by atoms with Crippen molar-refractivity contribution in [3.05, 3.63) is 35.6 Å². The number of aryl methyl sites for hydroxylation is 1. The zero-order valence-corrected chi connectivity index (χ0v) is 14.0. The molecule has 2 rings (SSSR count).